The molecule has 0 atom stereocenters. The van der Waals surface area contributed by atoms with Crippen LogP contribution in [-0.2, 0) is 0 Å². The van der Waals surface area contributed by atoms with Crippen molar-refractivity contribution in [2.75, 3.05) is 5.75 Å². The average molecular weight is 398 g/mol. The second-order valence-corrected chi connectivity index (χ2v) is 8.61. The number of para-hydroxylation sites is 2. The first kappa shape index (κ1) is 17.2. The lowest BCUT2D eigenvalue weighted by Crippen LogP contribution is -2.03. The zero-order valence-electron chi connectivity index (χ0n) is 13.9. The molecule has 0 bridgehead atoms. The van der Waals surface area contributed by atoms with Crippen molar-refractivity contribution in [3.05, 3.63) is 69.8 Å². The van der Waals surface area contributed by atoms with Gasteiger partial charge < -0.3 is 4.98 Å². The van der Waals surface area contributed by atoms with E-state index in [1.807, 2.05) is 61.5 Å². The van der Waals surface area contributed by atoms with E-state index in [4.69, 9.17) is 12.2 Å². The third-order valence-corrected chi connectivity index (χ3v) is 6.39. The fraction of sp³-hybridized carbons (Fsp3) is 0.105. The Kier molecular flexibility index (Phi) is 4.76. The highest BCUT2D eigenvalue weighted by atomic mass is 32.2. The van der Waals surface area contributed by atoms with Crippen molar-refractivity contribution in [3.63, 3.8) is 0 Å². The van der Waals surface area contributed by atoms with Crippen molar-refractivity contribution >= 4 is 52.0 Å². The molecule has 0 spiro atoms. The van der Waals surface area contributed by atoms with E-state index in [2.05, 4.69) is 10.1 Å². The molecule has 1 N–H and O–H groups in total. The third kappa shape index (κ3) is 3.25. The Morgan fingerprint density at radius 1 is 1.19 bits per heavy atom. The van der Waals surface area contributed by atoms with Crippen molar-refractivity contribution < 1.29 is 4.79 Å². The molecule has 0 fully saturated rings. The van der Waals surface area contributed by atoms with E-state index in [9.17, 15) is 4.79 Å². The molecule has 130 valence electrons. The smallest absolute Gasteiger partial charge is 0.184 e. The molecule has 4 aromatic rings. The molecule has 0 aliphatic carbocycles. The molecule has 4 rings (SSSR count). The highest BCUT2D eigenvalue weighted by molar-refractivity contribution is 8.01. The fourth-order valence-corrected chi connectivity index (χ4v) is 5.12. The highest BCUT2D eigenvalue weighted by Crippen LogP contribution is 2.27. The third-order valence-electron chi connectivity index (χ3n) is 4.03. The van der Waals surface area contributed by atoms with E-state index < -0.39 is 0 Å². The Balaban J connectivity index is 1.55. The first-order valence-electron chi connectivity index (χ1n) is 8.02. The predicted molar refractivity (Wildman–Crippen MR) is 110 cm³/mol. The summed E-state index contributed by atoms with van der Waals surface area (Å²) in [7, 11) is 0. The molecule has 0 radical (unpaired) electrons. The number of aromatic amines is 1. The zero-order valence-corrected chi connectivity index (χ0v) is 16.4. The first-order chi connectivity index (χ1) is 12.6. The number of carbonyl (C=O) groups is 1. The van der Waals surface area contributed by atoms with Crippen LogP contribution in [0.3, 0.4) is 0 Å². The van der Waals surface area contributed by atoms with Crippen LogP contribution in [0.2, 0.25) is 0 Å². The number of thioether (sulfide) groups is 1. The predicted octanol–water partition coefficient (Wildman–Crippen LogP) is 5.43. The molecule has 0 aliphatic heterocycles. The fourth-order valence-electron chi connectivity index (χ4n) is 2.89. The highest BCUT2D eigenvalue weighted by Gasteiger charge is 2.17. The van der Waals surface area contributed by atoms with Crippen molar-refractivity contribution in [2.24, 2.45) is 0 Å². The number of ketones is 1. The van der Waals surface area contributed by atoms with Gasteiger partial charge in [0.15, 0.2) is 14.1 Å². The van der Waals surface area contributed by atoms with E-state index >= 15 is 0 Å². The number of Topliss-reactive ketones (excluding diaryl/α,β-unsaturated/α-hetero) is 1. The van der Waals surface area contributed by atoms with E-state index in [1.54, 1.807) is 4.68 Å². The van der Waals surface area contributed by atoms with Gasteiger partial charge in [0, 0.05) is 22.2 Å². The summed E-state index contributed by atoms with van der Waals surface area (Å²) in [4.78, 5) is 16.1. The zero-order chi connectivity index (χ0) is 18.1. The molecular weight excluding hydrogens is 382 g/mol. The maximum absolute atomic E-state index is 12.8. The number of H-pyrrole nitrogens is 1. The minimum absolute atomic E-state index is 0.0947. The Morgan fingerprint density at radius 3 is 2.73 bits per heavy atom. The Morgan fingerprint density at radius 2 is 1.92 bits per heavy atom. The van der Waals surface area contributed by atoms with Gasteiger partial charge in [-0.15, -0.1) is 5.10 Å². The molecule has 0 aliphatic rings. The van der Waals surface area contributed by atoms with Gasteiger partial charge in [0.1, 0.15) is 0 Å². The second kappa shape index (κ2) is 7.19. The molecule has 2 aromatic carbocycles. The molecule has 0 saturated carbocycles. The monoisotopic (exact) mass is 397 g/mol. The molecule has 0 unspecified atom stereocenters. The van der Waals surface area contributed by atoms with Gasteiger partial charge in [-0.25, -0.2) is 4.68 Å². The number of aromatic nitrogens is 3. The van der Waals surface area contributed by atoms with Crippen LogP contribution < -0.4 is 0 Å². The van der Waals surface area contributed by atoms with Gasteiger partial charge in [-0.05, 0) is 37.3 Å². The van der Waals surface area contributed by atoms with Gasteiger partial charge >= 0.3 is 0 Å². The SMILES string of the molecule is Cc1[nH]c2ccccc2c1C(=O)CSc1nn(-c2ccccc2)c(=S)s1. The summed E-state index contributed by atoms with van der Waals surface area (Å²) in [6.07, 6.45) is 0. The molecule has 0 amide bonds. The normalized spacial score (nSPS) is 11.1. The summed E-state index contributed by atoms with van der Waals surface area (Å²) in [5, 5.41) is 5.52. The lowest BCUT2D eigenvalue weighted by molar-refractivity contribution is 0.102. The molecule has 0 saturated heterocycles. The molecule has 26 heavy (non-hydrogen) atoms. The number of hydrogen-bond donors (Lipinski definition) is 1. The van der Waals surface area contributed by atoms with Crippen LogP contribution in [0.1, 0.15) is 16.1 Å². The summed E-state index contributed by atoms with van der Waals surface area (Å²) >= 11 is 8.27. The number of nitrogens with one attached hydrogen (secondary N) is 1. The van der Waals surface area contributed by atoms with E-state index in [-0.39, 0.29) is 5.78 Å². The first-order valence-corrected chi connectivity index (χ1v) is 10.2. The Hall–Kier alpha value is -2.22. The van der Waals surface area contributed by atoms with Gasteiger partial charge in [-0.2, -0.15) is 0 Å². The number of nitrogens with zero attached hydrogens (tertiary/aromatic N) is 2. The van der Waals surface area contributed by atoms with Crippen molar-refractivity contribution in [3.8, 4) is 5.69 Å². The minimum atomic E-state index is 0.0947. The summed E-state index contributed by atoms with van der Waals surface area (Å²) < 4.78 is 3.21. The maximum Gasteiger partial charge on any atom is 0.184 e. The lowest BCUT2D eigenvalue weighted by atomic mass is 10.1. The summed E-state index contributed by atoms with van der Waals surface area (Å²) in [5.41, 5.74) is 3.58. The number of rotatable bonds is 5. The summed E-state index contributed by atoms with van der Waals surface area (Å²) in [6, 6.07) is 17.7. The number of hydrogen-bond acceptors (Lipinski definition) is 5. The molecule has 2 heterocycles. The van der Waals surface area contributed by atoms with Crippen LogP contribution >= 0.6 is 35.3 Å². The van der Waals surface area contributed by atoms with Gasteiger partial charge in [-0.1, -0.05) is 59.5 Å². The van der Waals surface area contributed by atoms with Crippen LogP contribution in [0.25, 0.3) is 16.6 Å². The van der Waals surface area contributed by atoms with Crippen LogP contribution in [0.15, 0.2) is 58.9 Å². The standard InChI is InChI=1S/C19H15N3OS3/c1-12-17(14-9-5-6-10-15(14)20-12)16(23)11-25-18-21-22(19(24)26-18)13-7-3-2-4-8-13/h2-10,20H,11H2,1H3. The van der Waals surface area contributed by atoms with Crippen LogP contribution in [-0.4, -0.2) is 26.3 Å². The van der Waals surface area contributed by atoms with Gasteiger partial charge in [0.25, 0.3) is 0 Å². The number of fused-ring (bicyclic) bond motifs is 1. The van der Waals surface area contributed by atoms with Crippen molar-refractivity contribution in [1.82, 2.24) is 14.8 Å². The van der Waals surface area contributed by atoms with E-state index in [0.29, 0.717) is 9.71 Å². The topological polar surface area (TPSA) is 50.7 Å². The van der Waals surface area contributed by atoms with Gasteiger partial charge in [-0.3, -0.25) is 4.79 Å². The molecule has 7 heteroatoms. The summed E-state index contributed by atoms with van der Waals surface area (Å²) in [5.74, 6) is 0.428. The van der Waals surface area contributed by atoms with Crippen LogP contribution in [0.4, 0.5) is 0 Å². The lowest BCUT2D eigenvalue weighted by Gasteiger charge is -2.00. The largest absolute Gasteiger partial charge is 0.358 e. The Bertz CT molecular complexity index is 1140. The van der Waals surface area contributed by atoms with E-state index in [1.165, 1.54) is 23.1 Å². The maximum atomic E-state index is 12.8. The van der Waals surface area contributed by atoms with E-state index in [0.717, 1.165) is 32.2 Å². The number of aryl methyl sites for hydroxylation is 1. The number of carbonyl (C=O) groups excluding carboxylic acids is 1. The van der Waals surface area contributed by atoms with Crippen LogP contribution in [0.5, 0.6) is 0 Å². The molecular formula is C19H15N3OS3. The second-order valence-electron chi connectivity index (χ2n) is 5.76. The quantitative estimate of drug-likeness (QED) is 0.277. The molecule has 2 aromatic heterocycles. The van der Waals surface area contributed by atoms with Crippen molar-refractivity contribution in [2.45, 2.75) is 11.3 Å². The summed E-state index contributed by atoms with van der Waals surface area (Å²) in [6.45, 7) is 1.94. The number of benzene rings is 2. The van der Waals surface area contributed by atoms with Crippen molar-refractivity contribution in [1.29, 1.82) is 0 Å². The Labute approximate surface area is 163 Å². The van der Waals surface area contributed by atoms with Crippen LogP contribution in [0, 0.1) is 10.9 Å². The average Bonchev–Trinajstić information content (AvgIpc) is 3.19. The van der Waals surface area contributed by atoms with Gasteiger partial charge in [0.05, 0.1) is 11.4 Å². The molecule has 4 nitrogen and oxygen atoms in total. The minimum Gasteiger partial charge on any atom is -0.358 e. The van der Waals surface area contributed by atoms with Gasteiger partial charge in [0.2, 0.25) is 0 Å².